The van der Waals surface area contributed by atoms with E-state index in [0.29, 0.717) is 30.3 Å². The third kappa shape index (κ3) is 10.8. The van der Waals surface area contributed by atoms with Gasteiger partial charge in [-0.05, 0) is 58.2 Å². The molecule has 3 aromatic carbocycles. The Labute approximate surface area is 325 Å². The summed E-state index contributed by atoms with van der Waals surface area (Å²) in [6.07, 6.45) is 2.40. The fourth-order valence-corrected chi connectivity index (χ4v) is 7.66. The minimum Gasteiger partial charge on any atom is -0.378 e. The molecule has 1 N–H and O–H groups in total. The van der Waals surface area contributed by atoms with Crippen LogP contribution in [-0.4, -0.2) is 111 Å². The Morgan fingerprint density at radius 3 is 2.19 bits per heavy atom. The second-order valence-corrected chi connectivity index (χ2v) is 16.4. The average Bonchev–Trinajstić information content (AvgIpc) is 3.67. The van der Waals surface area contributed by atoms with Gasteiger partial charge in [0, 0.05) is 76.2 Å². The van der Waals surface area contributed by atoms with E-state index in [0.717, 1.165) is 92.6 Å². The summed E-state index contributed by atoms with van der Waals surface area (Å²) < 4.78 is 11.7. The summed E-state index contributed by atoms with van der Waals surface area (Å²) in [4.78, 5) is 39.1. The van der Waals surface area contributed by atoms with Gasteiger partial charge in [0.05, 0.1) is 26.4 Å². The fraction of sp³-hybridized carbons (Fsp3) is 0.465. The first-order valence-corrected chi connectivity index (χ1v) is 20.1. The standard InChI is InChI=1S/C43H56N6O4S/c1-33-28-36(10-11-37(33)29-49(32-50)40(35-8-6-5-7-9-35)41(51)45-42-44-16-27-54-42)34-12-14-39(15-13-34)48-19-17-46(18-20-48)21-23-52-25-26-53-24-22-47-30-38(31-47)43(2,3)4/h5-16,27-28,32,38,40H,17-26,29-31H2,1-4H3,(H,44,45,51). The number of amides is 2. The van der Waals surface area contributed by atoms with Gasteiger partial charge in [-0.25, -0.2) is 4.98 Å². The minimum atomic E-state index is -0.799. The molecule has 10 nitrogen and oxygen atoms in total. The highest BCUT2D eigenvalue weighted by Crippen LogP contribution is 2.33. The highest BCUT2D eigenvalue weighted by molar-refractivity contribution is 7.13. The first kappa shape index (κ1) is 39.6. The van der Waals surface area contributed by atoms with Crippen LogP contribution in [0, 0.1) is 18.3 Å². The largest absolute Gasteiger partial charge is 0.378 e. The maximum absolute atomic E-state index is 13.5. The van der Waals surface area contributed by atoms with Gasteiger partial charge in [-0.3, -0.25) is 19.8 Å². The minimum absolute atomic E-state index is 0.295. The van der Waals surface area contributed by atoms with Crippen molar-refractivity contribution in [3.05, 3.63) is 101 Å². The van der Waals surface area contributed by atoms with E-state index in [-0.39, 0.29) is 5.91 Å². The van der Waals surface area contributed by atoms with Crippen LogP contribution in [0.25, 0.3) is 11.1 Å². The molecule has 0 saturated carbocycles. The number of rotatable bonds is 18. The molecule has 3 heterocycles. The second kappa shape index (κ2) is 19.0. The third-order valence-electron chi connectivity index (χ3n) is 10.8. The maximum atomic E-state index is 13.5. The van der Waals surface area contributed by atoms with Crippen LogP contribution in [0.3, 0.4) is 0 Å². The van der Waals surface area contributed by atoms with Crippen molar-refractivity contribution in [2.45, 2.75) is 40.3 Å². The molecular formula is C43H56N6O4S. The molecule has 0 bridgehead atoms. The van der Waals surface area contributed by atoms with Crippen molar-refractivity contribution >= 4 is 34.5 Å². The number of nitrogens with zero attached hydrogens (tertiary/aromatic N) is 5. The highest BCUT2D eigenvalue weighted by Gasteiger charge is 2.35. The van der Waals surface area contributed by atoms with Gasteiger partial charge in [0.15, 0.2) is 5.13 Å². The Morgan fingerprint density at radius 1 is 0.907 bits per heavy atom. The summed E-state index contributed by atoms with van der Waals surface area (Å²) in [5.74, 6) is 0.504. The molecule has 11 heteroatoms. The van der Waals surface area contributed by atoms with Crippen molar-refractivity contribution in [3.63, 3.8) is 0 Å². The third-order valence-corrected chi connectivity index (χ3v) is 11.5. The van der Waals surface area contributed by atoms with E-state index in [1.165, 1.54) is 30.1 Å². The number of thiazole rings is 1. The molecule has 1 unspecified atom stereocenters. The van der Waals surface area contributed by atoms with Gasteiger partial charge in [-0.1, -0.05) is 81.4 Å². The smallest absolute Gasteiger partial charge is 0.253 e. The quantitative estimate of drug-likeness (QED) is 0.0901. The van der Waals surface area contributed by atoms with Gasteiger partial charge in [0.25, 0.3) is 5.91 Å². The van der Waals surface area contributed by atoms with E-state index in [9.17, 15) is 9.59 Å². The van der Waals surface area contributed by atoms with E-state index in [1.54, 1.807) is 16.5 Å². The van der Waals surface area contributed by atoms with Crippen LogP contribution in [0.2, 0.25) is 0 Å². The van der Waals surface area contributed by atoms with Crippen LogP contribution in [-0.2, 0) is 25.6 Å². The first-order chi connectivity index (χ1) is 26.2. The van der Waals surface area contributed by atoms with Crippen molar-refractivity contribution in [3.8, 4) is 11.1 Å². The summed E-state index contributed by atoms with van der Waals surface area (Å²) in [5.41, 5.74) is 6.67. The van der Waals surface area contributed by atoms with E-state index in [2.05, 4.69) is 95.2 Å². The topological polar surface area (TPSA) is 90.5 Å². The molecule has 4 aromatic rings. The molecule has 1 aromatic heterocycles. The number of likely N-dealkylation sites (tertiary alicyclic amines) is 1. The molecule has 6 rings (SSSR count). The van der Waals surface area contributed by atoms with Gasteiger partial charge < -0.3 is 24.2 Å². The van der Waals surface area contributed by atoms with Gasteiger partial charge in [-0.2, -0.15) is 0 Å². The molecule has 2 aliphatic rings. The first-order valence-electron chi connectivity index (χ1n) is 19.2. The lowest BCUT2D eigenvalue weighted by Crippen LogP contribution is -2.52. The number of anilines is 2. The van der Waals surface area contributed by atoms with E-state index < -0.39 is 6.04 Å². The fourth-order valence-electron chi connectivity index (χ4n) is 7.13. The predicted molar refractivity (Wildman–Crippen MR) is 218 cm³/mol. The molecule has 0 aliphatic carbocycles. The number of nitrogens with one attached hydrogen (secondary N) is 1. The van der Waals surface area contributed by atoms with Crippen molar-refractivity contribution in [1.82, 2.24) is 19.7 Å². The molecule has 2 aliphatic heterocycles. The van der Waals surface area contributed by atoms with Crippen LogP contribution >= 0.6 is 11.3 Å². The lowest BCUT2D eigenvalue weighted by Gasteiger charge is -2.46. The second-order valence-electron chi connectivity index (χ2n) is 15.5. The summed E-state index contributed by atoms with van der Waals surface area (Å²) >= 11 is 1.34. The Hall–Kier alpha value is -4.13. The van der Waals surface area contributed by atoms with Crippen molar-refractivity contribution < 1.29 is 19.1 Å². The number of carbonyl (C=O) groups excluding carboxylic acids is 2. The van der Waals surface area contributed by atoms with Gasteiger partial charge in [-0.15, -0.1) is 11.3 Å². The molecule has 2 amide bonds. The number of ether oxygens (including phenoxy) is 2. The zero-order valence-corrected chi connectivity index (χ0v) is 33.1. The average molecular weight is 753 g/mol. The number of hydrogen-bond donors (Lipinski definition) is 1. The maximum Gasteiger partial charge on any atom is 0.253 e. The van der Waals surface area contributed by atoms with Gasteiger partial charge in [0.1, 0.15) is 6.04 Å². The van der Waals surface area contributed by atoms with Crippen LogP contribution in [0.15, 0.2) is 84.4 Å². The summed E-state index contributed by atoms with van der Waals surface area (Å²) in [6, 6.07) is 23.7. The number of benzene rings is 3. The molecule has 2 saturated heterocycles. The van der Waals surface area contributed by atoms with Crippen LogP contribution < -0.4 is 10.2 Å². The van der Waals surface area contributed by atoms with Crippen LogP contribution in [0.5, 0.6) is 0 Å². The van der Waals surface area contributed by atoms with Crippen LogP contribution in [0.4, 0.5) is 10.8 Å². The monoisotopic (exact) mass is 752 g/mol. The number of hydrogen-bond acceptors (Lipinski definition) is 9. The number of carbonyl (C=O) groups is 2. The van der Waals surface area contributed by atoms with E-state index in [4.69, 9.17) is 9.47 Å². The zero-order chi connectivity index (χ0) is 37.9. The summed E-state index contributed by atoms with van der Waals surface area (Å²) in [7, 11) is 0. The van der Waals surface area contributed by atoms with E-state index >= 15 is 0 Å². The molecule has 54 heavy (non-hydrogen) atoms. The Kier molecular flexibility index (Phi) is 13.9. The van der Waals surface area contributed by atoms with Crippen molar-refractivity contribution in [2.75, 3.05) is 89.0 Å². The summed E-state index contributed by atoms with van der Waals surface area (Å²) in [6.45, 7) is 20.5. The number of aromatic nitrogens is 1. The lowest BCUT2D eigenvalue weighted by atomic mass is 9.76. The predicted octanol–water partition coefficient (Wildman–Crippen LogP) is 6.59. The van der Waals surface area contributed by atoms with Crippen LogP contribution in [0.1, 0.15) is 43.5 Å². The summed E-state index contributed by atoms with van der Waals surface area (Å²) in [5, 5.41) is 5.18. The Morgan fingerprint density at radius 2 is 1.57 bits per heavy atom. The zero-order valence-electron chi connectivity index (χ0n) is 32.3. The number of piperazine rings is 1. The Balaban J connectivity index is 0.928. The van der Waals surface area contributed by atoms with Crippen molar-refractivity contribution in [1.29, 1.82) is 0 Å². The molecule has 1 atom stereocenters. The normalized spacial score (nSPS) is 16.2. The highest BCUT2D eigenvalue weighted by atomic mass is 32.1. The molecule has 288 valence electrons. The molecule has 0 radical (unpaired) electrons. The number of aryl methyl sites for hydroxylation is 1. The van der Waals surface area contributed by atoms with E-state index in [1.807, 2.05) is 30.3 Å². The molecule has 2 fully saturated rings. The Bertz CT molecular complexity index is 1750. The SMILES string of the molecule is Cc1cc(-c2ccc(N3CCN(CCOCCOCCN4CC(C(C)(C)C)C4)CC3)cc2)ccc1CN(C=O)C(C(=O)Nc1nccs1)c1ccccc1. The molecule has 0 spiro atoms. The molecular weight excluding hydrogens is 697 g/mol. The van der Waals surface area contributed by atoms with Crippen molar-refractivity contribution in [2.24, 2.45) is 11.3 Å². The lowest BCUT2D eigenvalue weighted by molar-refractivity contribution is -0.130. The van der Waals surface area contributed by atoms with Gasteiger partial charge >= 0.3 is 0 Å². The van der Waals surface area contributed by atoms with Gasteiger partial charge in [0.2, 0.25) is 6.41 Å².